The van der Waals surface area contributed by atoms with Crippen LogP contribution in [0.2, 0.25) is 0 Å². The maximum Gasteiger partial charge on any atom is 0.240 e. The molecule has 1 aromatic heterocycles. The molecule has 1 saturated heterocycles. The zero-order valence-electron chi connectivity index (χ0n) is 14.0. The van der Waals surface area contributed by atoms with Crippen LogP contribution in [-0.2, 0) is 23.1 Å². The van der Waals surface area contributed by atoms with E-state index in [2.05, 4.69) is 20.4 Å². The number of hydrogen-bond donors (Lipinski definition) is 2. The van der Waals surface area contributed by atoms with Gasteiger partial charge in [0.05, 0.1) is 23.7 Å². The molecule has 0 radical (unpaired) electrons. The topological polar surface area (TPSA) is 88.9 Å². The second-order valence-electron chi connectivity index (χ2n) is 6.92. The van der Waals surface area contributed by atoms with E-state index in [1.54, 1.807) is 30.3 Å². The standard InChI is InChI=1S/C17H23N5O2S/c23-25(24,15-4-2-1-3-5-15)19-10-14-11-22(21-20-14)12-17-16(8-9-18-17)13-6-7-13/h1-5,11,13,16-19H,6-10,12H2. The van der Waals surface area contributed by atoms with Crippen LogP contribution in [0.1, 0.15) is 25.0 Å². The first-order chi connectivity index (χ1) is 12.1. The van der Waals surface area contributed by atoms with Crippen molar-refractivity contribution in [1.82, 2.24) is 25.0 Å². The lowest BCUT2D eigenvalue weighted by atomic mass is 9.95. The third-order valence-electron chi connectivity index (χ3n) is 5.10. The molecule has 134 valence electrons. The molecule has 0 spiro atoms. The minimum absolute atomic E-state index is 0.140. The molecule has 2 N–H and O–H groups in total. The molecule has 25 heavy (non-hydrogen) atoms. The smallest absolute Gasteiger partial charge is 0.240 e. The molecular weight excluding hydrogens is 338 g/mol. The lowest BCUT2D eigenvalue weighted by Gasteiger charge is -2.18. The maximum atomic E-state index is 12.2. The molecule has 7 nitrogen and oxygen atoms in total. The molecule has 2 aromatic rings. The van der Waals surface area contributed by atoms with Crippen molar-refractivity contribution in [1.29, 1.82) is 0 Å². The molecule has 1 saturated carbocycles. The molecule has 2 aliphatic rings. The Morgan fingerprint density at radius 3 is 2.76 bits per heavy atom. The first-order valence-electron chi connectivity index (χ1n) is 8.79. The van der Waals surface area contributed by atoms with Crippen molar-refractivity contribution in [3.8, 4) is 0 Å². The fourth-order valence-electron chi connectivity index (χ4n) is 3.64. The van der Waals surface area contributed by atoms with E-state index in [1.165, 1.54) is 19.3 Å². The Labute approximate surface area is 147 Å². The summed E-state index contributed by atoms with van der Waals surface area (Å²) in [6.45, 7) is 2.01. The lowest BCUT2D eigenvalue weighted by molar-refractivity contribution is 0.347. The Morgan fingerprint density at radius 2 is 2.00 bits per heavy atom. The van der Waals surface area contributed by atoms with E-state index in [4.69, 9.17) is 0 Å². The number of hydrogen-bond acceptors (Lipinski definition) is 5. The summed E-state index contributed by atoms with van der Waals surface area (Å²) < 4.78 is 28.9. The Hall–Kier alpha value is -1.77. The molecule has 4 rings (SSSR count). The van der Waals surface area contributed by atoms with Crippen molar-refractivity contribution in [2.24, 2.45) is 11.8 Å². The van der Waals surface area contributed by atoms with Crippen LogP contribution in [-0.4, -0.2) is 36.0 Å². The number of nitrogens with one attached hydrogen (secondary N) is 2. The van der Waals surface area contributed by atoms with Gasteiger partial charge in [-0.2, -0.15) is 0 Å². The Balaban J connectivity index is 1.35. The van der Waals surface area contributed by atoms with Crippen LogP contribution in [0.25, 0.3) is 0 Å². The molecule has 2 atom stereocenters. The van der Waals surface area contributed by atoms with Crippen LogP contribution in [0.3, 0.4) is 0 Å². The summed E-state index contributed by atoms with van der Waals surface area (Å²) in [4.78, 5) is 0.254. The molecule has 1 aliphatic heterocycles. The van der Waals surface area contributed by atoms with Gasteiger partial charge in [-0.3, -0.25) is 4.68 Å². The minimum Gasteiger partial charge on any atom is -0.312 e. The zero-order valence-corrected chi connectivity index (χ0v) is 14.8. The van der Waals surface area contributed by atoms with Crippen LogP contribution in [0.5, 0.6) is 0 Å². The van der Waals surface area contributed by atoms with Gasteiger partial charge in [-0.25, -0.2) is 13.1 Å². The van der Waals surface area contributed by atoms with Crippen molar-refractivity contribution in [3.05, 3.63) is 42.2 Å². The third kappa shape index (κ3) is 3.91. The number of nitrogens with zero attached hydrogens (tertiary/aromatic N) is 3. The summed E-state index contributed by atoms with van der Waals surface area (Å²) in [5.41, 5.74) is 0.625. The van der Waals surface area contributed by atoms with Gasteiger partial charge in [0.1, 0.15) is 0 Å². The Morgan fingerprint density at radius 1 is 1.20 bits per heavy atom. The van der Waals surface area contributed by atoms with Gasteiger partial charge in [0.25, 0.3) is 0 Å². The highest BCUT2D eigenvalue weighted by Crippen LogP contribution is 2.42. The van der Waals surface area contributed by atoms with Gasteiger partial charge in [-0.1, -0.05) is 23.4 Å². The van der Waals surface area contributed by atoms with Gasteiger partial charge >= 0.3 is 0 Å². The summed E-state index contributed by atoms with van der Waals surface area (Å²) in [5, 5.41) is 11.8. The zero-order chi connectivity index (χ0) is 17.3. The minimum atomic E-state index is -3.52. The van der Waals surface area contributed by atoms with Crippen molar-refractivity contribution < 1.29 is 8.42 Å². The average molecular weight is 361 g/mol. The second kappa shape index (κ2) is 6.86. The first kappa shape index (κ1) is 16.7. The molecular formula is C17H23N5O2S. The summed E-state index contributed by atoms with van der Waals surface area (Å²) in [6.07, 6.45) is 5.78. The van der Waals surface area contributed by atoms with Crippen molar-refractivity contribution in [2.45, 2.75) is 43.3 Å². The van der Waals surface area contributed by atoms with Crippen LogP contribution < -0.4 is 10.0 Å². The van der Waals surface area contributed by atoms with Gasteiger partial charge in [0.15, 0.2) is 0 Å². The van der Waals surface area contributed by atoms with Crippen molar-refractivity contribution in [2.75, 3.05) is 6.54 Å². The monoisotopic (exact) mass is 361 g/mol. The van der Waals surface area contributed by atoms with Crippen LogP contribution in [0.15, 0.2) is 41.4 Å². The highest BCUT2D eigenvalue weighted by molar-refractivity contribution is 7.89. The molecule has 0 amide bonds. The summed E-state index contributed by atoms with van der Waals surface area (Å²) in [6, 6.07) is 8.79. The fourth-order valence-corrected chi connectivity index (χ4v) is 4.66. The Kier molecular flexibility index (Phi) is 4.58. The van der Waals surface area contributed by atoms with Crippen LogP contribution in [0, 0.1) is 11.8 Å². The van der Waals surface area contributed by atoms with Crippen LogP contribution >= 0.6 is 0 Å². The number of rotatable bonds is 7. The predicted molar refractivity (Wildman–Crippen MR) is 93.1 cm³/mol. The number of aromatic nitrogens is 3. The molecule has 2 fully saturated rings. The molecule has 2 heterocycles. The van der Waals surface area contributed by atoms with E-state index >= 15 is 0 Å². The highest BCUT2D eigenvalue weighted by atomic mass is 32.2. The van der Waals surface area contributed by atoms with E-state index in [9.17, 15) is 8.42 Å². The first-order valence-corrected chi connectivity index (χ1v) is 10.3. The Bertz CT molecular complexity index is 817. The predicted octanol–water partition coefficient (Wildman–Crippen LogP) is 1.14. The van der Waals surface area contributed by atoms with Crippen molar-refractivity contribution in [3.63, 3.8) is 0 Å². The number of sulfonamides is 1. The normalized spacial score (nSPS) is 23.8. The van der Waals surface area contributed by atoms with E-state index in [1.807, 2.05) is 10.9 Å². The summed E-state index contributed by atoms with van der Waals surface area (Å²) in [5.74, 6) is 1.62. The summed E-state index contributed by atoms with van der Waals surface area (Å²) >= 11 is 0. The van der Waals surface area contributed by atoms with Gasteiger partial charge in [-0.15, -0.1) is 5.10 Å². The van der Waals surface area contributed by atoms with Crippen LogP contribution in [0.4, 0.5) is 0 Å². The third-order valence-corrected chi connectivity index (χ3v) is 6.51. The lowest BCUT2D eigenvalue weighted by Crippen LogP contribution is -2.33. The fraction of sp³-hybridized carbons (Fsp3) is 0.529. The molecule has 8 heteroatoms. The highest BCUT2D eigenvalue weighted by Gasteiger charge is 2.39. The largest absolute Gasteiger partial charge is 0.312 e. The van der Waals surface area contributed by atoms with Crippen molar-refractivity contribution >= 4 is 10.0 Å². The van der Waals surface area contributed by atoms with E-state index < -0.39 is 10.0 Å². The summed E-state index contributed by atoms with van der Waals surface area (Å²) in [7, 11) is -3.52. The van der Waals surface area contributed by atoms with Gasteiger partial charge in [-0.05, 0) is 49.8 Å². The maximum absolute atomic E-state index is 12.2. The SMILES string of the molecule is O=S(=O)(NCc1cn(CC2NCCC2C2CC2)nn1)c1ccccc1. The molecule has 0 bridgehead atoms. The quantitative estimate of drug-likeness (QED) is 0.772. The second-order valence-corrected chi connectivity index (χ2v) is 8.69. The van der Waals surface area contributed by atoms with Gasteiger partial charge < -0.3 is 5.32 Å². The van der Waals surface area contributed by atoms with E-state index in [-0.39, 0.29) is 11.4 Å². The van der Waals surface area contributed by atoms with Gasteiger partial charge in [0, 0.05) is 12.2 Å². The van der Waals surface area contributed by atoms with Gasteiger partial charge in [0.2, 0.25) is 10.0 Å². The van der Waals surface area contributed by atoms with E-state index in [0.29, 0.717) is 11.7 Å². The molecule has 1 aliphatic carbocycles. The number of benzene rings is 1. The van der Waals surface area contributed by atoms with E-state index in [0.717, 1.165) is 24.9 Å². The average Bonchev–Trinajstić information content (AvgIpc) is 3.19. The molecule has 1 aromatic carbocycles. The molecule has 2 unspecified atom stereocenters.